The highest BCUT2D eigenvalue weighted by molar-refractivity contribution is 5.36. The van der Waals surface area contributed by atoms with Crippen LogP contribution in [-0.2, 0) is 6.42 Å². The first-order valence-electron chi connectivity index (χ1n) is 5.94. The fourth-order valence-electron chi connectivity index (χ4n) is 2.36. The molecule has 0 amide bonds. The third-order valence-corrected chi connectivity index (χ3v) is 3.24. The van der Waals surface area contributed by atoms with Crippen LogP contribution in [0, 0.1) is 17.6 Å². The van der Waals surface area contributed by atoms with E-state index in [1.807, 2.05) is 0 Å². The van der Waals surface area contributed by atoms with Gasteiger partial charge < -0.3 is 10.1 Å². The van der Waals surface area contributed by atoms with Crippen molar-refractivity contribution in [3.8, 4) is 5.75 Å². The van der Waals surface area contributed by atoms with E-state index < -0.39 is 11.6 Å². The minimum absolute atomic E-state index is 0.0515. The lowest BCUT2D eigenvalue weighted by atomic mass is 9.92. The van der Waals surface area contributed by atoms with Gasteiger partial charge in [-0.2, -0.15) is 4.39 Å². The molecule has 4 heteroatoms. The summed E-state index contributed by atoms with van der Waals surface area (Å²) in [5, 5.41) is 3.31. The molecule has 1 aliphatic heterocycles. The van der Waals surface area contributed by atoms with Crippen molar-refractivity contribution in [2.75, 3.05) is 20.2 Å². The Bertz CT molecular complexity index is 389. The van der Waals surface area contributed by atoms with Gasteiger partial charge in [0.25, 0.3) is 0 Å². The predicted molar refractivity (Wildman–Crippen MR) is 62.2 cm³/mol. The number of nitrogens with one attached hydrogen (secondary N) is 1. The molecule has 0 bridgehead atoms. The van der Waals surface area contributed by atoms with Gasteiger partial charge in [0.05, 0.1) is 7.11 Å². The molecule has 0 aromatic heterocycles. The Morgan fingerprint density at radius 3 is 2.88 bits per heavy atom. The summed E-state index contributed by atoms with van der Waals surface area (Å²) in [6.45, 7) is 1.98. The van der Waals surface area contributed by atoms with Gasteiger partial charge in [0.2, 0.25) is 5.82 Å². The number of benzene rings is 1. The highest BCUT2D eigenvalue weighted by Crippen LogP contribution is 2.28. The van der Waals surface area contributed by atoms with E-state index in [-0.39, 0.29) is 5.75 Å². The maximum Gasteiger partial charge on any atom is 0.200 e. The Kier molecular flexibility index (Phi) is 3.94. The van der Waals surface area contributed by atoms with Crippen molar-refractivity contribution in [1.82, 2.24) is 5.32 Å². The molecular formula is C13H17F2NO. The maximum atomic E-state index is 13.5. The second-order valence-corrected chi connectivity index (χ2v) is 4.47. The molecule has 2 rings (SSSR count). The number of hydrogen-bond donors (Lipinski definition) is 1. The average molecular weight is 241 g/mol. The lowest BCUT2D eigenvalue weighted by Gasteiger charge is -2.23. The summed E-state index contributed by atoms with van der Waals surface area (Å²) < 4.78 is 31.5. The van der Waals surface area contributed by atoms with E-state index >= 15 is 0 Å². The van der Waals surface area contributed by atoms with Gasteiger partial charge >= 0.3 is 0 Å². The van der Waals surface area contributed by atoms with Crippen molar-refractivity contribution in [3.63, 3.8) is 0 Å². The van der Waals surface area contributed by atoms with E-state index in [1.54, 1.807) is 6.07 Å². The highest BCUT2D eigenvalue weighted by atomic mass is 19.2. The molecule has 94 valence electrons. The molecule has 0 spiro atoms. The van der Waals surface area contributed by atoms with Gasteiger partial charge in [0.1, 0.15) is 0 Å². The van der Waals surface area contributed by atoms with Crippen LogP contribution in [0.4, 0.5) is 8.78 Å². The summed E-state index contributed by atoms with van der Waals surface area (Å²) in [5.41, 5.74) is 0.750. The van der Waals surface area contributed by atoms with Gasteiger partial charge in [-0.3, -0.25) is 0 Å². The molecule has 1 saturated heterocycles. The van der Waals surface area contributed by atoms with Crippen molar-refractivity contribution in [3.05, 3.63) is 29.3 Å². The summed E-state index contributed by atoms with van der Waals surface area (Å²) in [7, 11) is 1.38. The van der Waals surface area contributed by atoms with Crippen molar-refractivity contribution < 1.29 is 13.5 Å². The van der Waals surface area contributed by atoms with E-state index in [0.717, 1.165) is 37.9 Å². The summed E-state index contributed by atoms with van der Waals surface area (Å²) in [4.78, 5) is 0. The van der Waals surface area contributed by atoms with Crippen LogP contribution in [0.5, 0.6) is 5.75 Å². The van der Waals surface area contributed by atoms with Crippen LogP contribution in [0.2, 0.25) is 0 Å². The largest absolute Gasteiger partial charge is 0.493 e. The molecule has 1 aliphatic rings. The Balaban J connectivity index is 2.17. The Hall–Kier alpha value is -1.16. The molecule has 1 N–H and O–H groups in total. The van der Waals surface area contributed by atoms with Gasteiger partial charge in [-0.25, -0.2) is 4.39 Å². The van der Waals surface area contributed by atoms with Crippen molar-refractivity contribution >= 4 is 0 Å². The highest BCUT2D eigenvalue weighted by Gasteiger charge is 2.19. The summed E-state index contributed by atoms with van der Waals surface area (Å²) >= 11 is 0. The van der Waals surface area contributed by atoms with Gasteiger partial charge in [-0.1, -0.05) is 6.07 Å². The molecule has 1 unspecified atom stereocenters. The molecular weight excluding hydrogens is 224 g/mol. The van der Waals surface area contributed by atoms with Crippen LogP contribution in [0.25, 0.3) is 0 Å². The number of ether oxygens (including phenoxy) is 1. The standard InChI is InChI=1S/C13H17F2NO/c1-17-13-10(4-5-11(14)12(13)15)7-9-3-2-6-16-8-9/h4-5,9,16H,2-3,6-8H2,1H3. The zero-order chi connectivity index (χ0) is 12.3. The first-order chi connectivity index (χ1) is 8.22. The van der Waals surface area contributed by atoms with E-state index in [4.69, 9.17) is 4.74 Å². The quantitative estimate of drug-likeness (QED) is 0.878. The van der Waals surface area contributed by atoms with Gasteiger partial charge in [-0.05, 0) is 49.9 Å². The lowest BCUT2D eigenvalue weighted by molar-refractivity contribution is 0.347. The average Bonchev–Trinajstić information content (AvgIpc) is 2.36. The third kappa shape index (κ3) is 2.75. The normalized spacial score (nSPS) is 20.3. The zero-order valence-corrected chi connectivity index (χ0v) is 9.93. The topological polar surface area (TPSA) is 21.3 Å². The van der Waals surface area contributed by atoms with Crippen LogP contribution in [-0.4, -0.2) is 20.2 Å². The molecule has 1 aromatic rings. The summed E-state index contributed by atoms with van der Waals surface area (Å²) in [6, 6.07) is 2.79. The van der Waals surface area contributed by atoms with Crippen molar-refractivity contribution in [1.29, 1.82) is 0 Å². The number of methoxy groups -OCH3 is 1. The maximum absolute atomic E-state index is 13.5. The van der Waals surface area contributed by atoms with Crippen LogP contribution in [0.1, 0.15) is 18.4 Å². The monoisotopic (exact) mass is 241 g/mol. The molecule has 1 atom stereocenters. The minimum Gasteiger partial charge on any atom is -0.493 e. The first kappa shape index (κ1) is 12.3. The smallest absolute Gasteiger partial charge is 0.200 e. The Morgan fingerprint density at radius 1 is 1.41 bits per heavy atom. The molecule has 0 aliphatic carbocycles. The molecule has 1 heterocycles. The lowest BCUT2D eigenvalue weighted by Crippen LogP contribution is -2.31. The van der Waals surface area contributed by atoms with Crippen molar-refractivity contribution in [2.45, 2.75) is 19.3 Å². The molecule has 17 heavy (non-hydrogen) atoms. The fourth-order valence-corrected chi connectivity index (χ4v) is 2.36. The zero-order valence-electron chi connectivity index (χ0n) is 9.93. The van der Waals surface area contributed by atoms with Gasteiger partial charge in [0, 0.05) is 0 Å². The van der Waals surface area contributed by atoms with Crippen LogP contribution < -0.4 is 10.1 Å². The van der Waals surface area contributed by atoms with Gasteiger partial charge in [0.15, 0.2) is 11.6 Å². The van der Waals surface area contributed by atoms with Crippen LogP contribution in [0.3, 0.4) is 0 Å². The second-order valence-electron chi connectivity index (χ2n) is 4.47. The Morgan fingerprint density at radius 2 is 2.24 bits per heavy atom. The van der Waals surface area contributed by atoms with E-state index in [0.29, 0.717) is 5.92 Å². The van der Waals surface area contributed by atoms with Crippen LogP contribution >= 0.6 is 0 Å². The number of halogens is 2. The first-order valence-corrected chi connectivity index (χ1v) is 5.94. The number of rotatable bonds is 3. The predicted octanol–water partition coefficient (Wildman–Crippen LogP) is 2.52. The molecule has 0 radical (unpaired) electrons. The summed E-state index contributed by atoms with van der Waals surface area (Å²) in [5.74, 6) is -1.21. The fraction of sp³-hybridized carbons (Fsp3) is 0.538. The van der Waals surface area contributed by atoms with E-state index in [2.05, 4.69) is 5.32 Å². The minimum atomic E-state index is -0.881. The Labute approximate surface area is 100.0 Å². The molecule has 1 fully saturated rings. The van der Waals surface area contributed by atoms with Gasteiger partial charge in [-0.15, -0.1) is 0 Å². The summed E-state index contributed by atoms with van der Waals surface area (Å²) in [6.07, 6.45) is 2.99. The second kappa shape index (κ2) is 5.45. The van der Waals surface area contributed by atoms with E-state index in [9.17, 15) is 8.78 Å². The SMILES string of the molecule is COc1c(CC2CCCNC2)ccc(F)c1F. The molecule has 1 aromatic carbocycles. The van der Waals surface area contributed by atoms with Crippen LogP contribution in [0.15, 0.2) is 12.1 Å². The van der Waals surface area contributed by atoms with Crippen molar-refractivity contribution in [2.24, 2.45) is 5.92 Å². The van der Waals surface area contributed by atoms with E-state index in [1.165, 1.54) is 13.2 Å². The molecule has 2 nitrogen and oxygen atoms in total. The molecule has 0 saturated carbocycles. The third-order valence-electron chi connectivity index (χ3n) is 3.24. The number of hydrogen-bond acceptors (Lipinski definition) is 2. The number of piperidine rings is 1.